The summed E-state index contributed by atoms with van der Waals surface area (Å²) in [4.78, 5) is 6.98. The molecule has 5 nitrogen and oxygen atoms in total. The lowest BCUT2D eigenvalue weighted by atomic mass is 10.2. The van der Waals surface area contributed by atoms with Crippen molar-refractivity contribution < 1.29 is 4.74 Å². The highest BCUT2D eigenvalue weighted by Gasteiger charge is 2.33. The molecule has 0 spiro atoms. The van der Waals surface area contributed by atoms with Crippen LogP contribution in [-0.2, 0) is 4.74 Å². The number of hydrogen-bond acceptors (Lipinski definition) is 3. The lowest BCUT2D eigenvalue weighted by Crippen LogP contribution is -2.43. The lowest BCUT2D eigenvalue weighted by Gasteiger charge is -2.22. The molecule has 0 heterocycles. The predicted molar refractivity (Wildman–Crippen MR) is 112 cm³/mol. The topological polar surface area (TPSA) is 48.9 Å². The van der Waals surface area contributed by atoms with Crippen molar-refractivity contribution in [3.8, 4) is 0 Å². The van der Waals surface area contributed by atoms with E-state index in [0.717, 1.165) is 57.2 Å². The smallest absolute Gasteiger partial charge is 0.191 e. The molecule has 0 aliphatic heterocycles. The summed E-state index contributed by atoms with van der Waals surface area (Å²) < 4.78 is 5.59. The predicted octanol–water partition coefficient (Wildman–Crippen LogP) is 2.71. The minimum absolute atomic E-state index is 0. The van der Waals surface area contributed by atoms with Crippen molar-refractivity contribution in [2.75, 3.05) is 46.4 Å². The third-order valence-electron chi connectivity index (χ3n) is 4.38. The number of guanidine groups is 1. The molecule has 0 amide bonds. The molecule has 0 radical (unpaired) electrons. The SMILES string of the molecule is CN=C(NCCCOCC(C)C)NCCN(CC1CC1)C1CC1.I. The first-order chi connectivity index (χ1) is 11.2. The van der Waals surface area contributed by atoms with Crippen molar-refractivity contribution in [2.45, 2.75) is 52.0 Å². The molecule has 2 aliphatic rings. The van der Waals surface area contributed by atoms with Gasteiger partial charge in [-0.1, -0.05) is 13.8 Å². The second-order valence-corrected chi connectivity index (χ2v) is 7.42. The van der Waals surface area contributed by atoms with E-state index in [2.05, 4.69) is 34.4 Å². The summed E-state index contributed by atoms with van der Waals surface area (Å²) in [5, 5.41) is 6.81. The Morgan fingerprint density at radius 3 is 2.46 bits per heavy atom. The van der Waals surface area contributed by atoms with Crippen molar-refractivity contribution in [3.63, 3.8) is 0 Å². The Kier molecular flexibility index (Phi) is 11.3. The molecule has 2 rings (SSSR count). The molecular formula is C18H37IN4O. The van der Waals surface area contributed by atoms with E-state index in [-0.39, 0.29) is 24.0 Å². The van der Waals surface area contributed by atoms with Crippen LogP contribution in [-0.4, -0.2) is 63.3 Å². The molecular weight excluding hydrogens is 415 g/mol. The molecule has 0 unspecified atom stereocenters. The van der Waals surface area contributed by atoms with E-state index in [0.29, 0.717) is 5.92 Å². The van der Waals surface area contributed by atoms with Crippen molar-refractivity contribution in [1.29, 1.82) is 0 Å². The largest absolute Gasteiger partial charge is 0.381 e. The van der Waals surface area contributed by atoms with Gasteiger partial charge in [0.25, 0.3) is 0 Å². The Labute approximate surface area is 165 Å². The first-order valence-corrected chi connectivity index (χ1v) is 9.45. The van der Waals surface area contributed by atoms with Gasteiger partial charge < -0.3 is 15.4 Å². The Bertz CT molecular complexity index is 357. The Balaban J connectivity index is 0.00000288. The van der Waals surface area contributed by atoms with Crippen LogP contribution >= 0.6 is 24.0 Å². The summed E-state index contributed by atoms with van der Waals surface area (Å²) in [6.07, 6.45) is 6.70. The highest BCUT2D eigenvalue weighted by Crippen LogP contribution is 2.34. The van der Waals surface area contributed by atoms with Crippen molar-refractivity contribution in [2.24, 2.45) is 16.8 Å². The van der Waals surface area contributed by atoms with E-state index in [1.807, 2.05) is 7.05 Å². The highest BCUT2D eigenvalue weighted by molar-refractivity contribution is 14.0. The molecule has 24 heavy (non-hydrogen) atoms. The summed E-state index contributed by atoms with van der Waals surface area (Å²) in [7, 11) is 1.84. The van der Waals surface area contributed by atoms with Gasteiger partial charge in [0.1, 0.15) is 0 Å². The van der Waals surface area contributed by atoms with Gasteiger partial charge in [-0.2, -0.15) is 0 Å². The van der Waals surface area contributed by atoms with Gasteiger partial charge in [0.05, 0.1) is 0 Å². The summed E-state index contributed by atoms with van der Waals surface area (Å²) in [5.41, 5.74) is 0. The maximum Gasteiger partial charge on any atom is 0.191 e. The molecule has 2 fully saturated rings. The molecule has 0 aromatic heterocycles. The summed E-state index contributed by atoms with van der Waals surface area (Å²) in [5.74, 6) is 2.51. The van der Waals surface area contributed by atoms with Gasteiger partial charge in [-0.15, -0.1) is 24.0 Å². The summed E-state index contributed by atoms with van der Waals surface area (Å²) in [6, 6.07) is 0.866. The fraction of sp³-hybridized carbons (Fsp3) is 0.944. The Morgan fingerprint density at radius 2 is 1.88 bits per heavy atom. The van der Waals surface area contributed by atoms with Crippen LogP contribution in [0.4, 0.5) is 0 Å². The second kappa shape index (κ2) is 12.3. The van der Waals surface area contributed by atoms with Crippen molar-refractivity contribution >= 4 is 29.9 Å². The van der Waals surface area contributed by atoms with Crippen molar-refractivity contribution in [3.05, 3.63) is 0 Å². The fourth-order valence-corrected chi connectivity index (χ4v) is 2.73. The van der Waals surface area contributed by atoms with Crippen LogP contribution in [0.5, 0.6) is 0 Å². The van der Waals surface area contributed by atoms with Gasteiger partial charge in [-0.3, -0.25) is 9.89 Å². The molecule has 2 aliphatic carbocycles. The lowest BCUT2D eigenvalue weighted by molar-refractivity contribution is 0.108. The molecule has 0 saturated heterocycles. The first kappa shape index (κ1) is 22.0. The van der Waals surface area contributed by atoms with Gasteiger partial charge in [0, 0.05) is 52.5 Å². The number of nitrogens with one attached hydrogen (secondary N) is 2. The fourth-order valence-electron chi connectivity index (χ4n) is 2.73. The third-order valence-corrected chi connectivity index (χ3v) is 4.38. The number of nitrogens with zero attached hydrogens (tertiary/aromatic N) is 2. The van der Waals surface area contributed by atoms with Crippen LogP contribution < -0.4 is 10.6 Å². The van der Waals surface area contributed by atoms with Gasteiger partial charge >= 0.3 is 0 Å². The van der Waals surface area contributed by atoms with E-state index in [1.165, 1.54) is 32.2 Å². The second-order valence-electron chi connectivity index (χ2n) is 7.42. The van der Waals surface area contributed by atoms with Gasteiger partial charge in [0.15, 0.2) is 5.96 Å². The zero-order valence-corrected chi connectivity index (χ0v) is 18.1. The van der Waals surface area contributed by atoms with Crippen LogP contribution in [0.1, 0.15) is 46.0 Å². The van der Waals surface area contributed by atoms with E-state index in [1.54, 1.807) is 0 Å². The van der Waals surface area contributed by atoms with Gasteiger partial charge in [0.2, 0.25) is 0 Å². The first-order valence-electron chi connectivity index (χ1n) is 9.45. The molecule has 0 aromatic rings. The summed E-state index contributed by atoms with van der Waals surface area (Å²) >= 11 is 0. The molecule has 2 N–H and O–H groups in total. The summed E-state index contributed by atoms with van der Waals surface area (Å²) in [6.45, 7) is 10.4. The number of hydrogen-bond donors (Lipinski definition) is 2. The molecule has 142 valence electrons. The minimum atomic E-state index is 0. The van der Waals surface area contributed by atoms with Crippen LogP contribution in [0.25, 0.3) is 0 Å². The van der Waals surface area contributed by atoms with Crippen LogP contribution in [0.2, 0.25) is 0 Å². The van der Waals surface area contributed by atoms with Crippen molar-refractivity contribution in [1.82, 2.24) is 15.5 Å². The zero-order valence-electron chi connectivity index (χ0n) is 15.7. The number of rotatable bonds is 12. The molecule has 0 aromatic carbocycles. The quantitative estimate of drug-likeness (QED) is 0.207. The maximum absolute atomic E-state index is 5.59. The zero-order chi connectivity index (χ0) is 16.5. The Hall–Kier alpha value is -0.0800. The average molecular weight is 452 g/mol. The monoisotopic (exact) mass is 452 g/mol. The third kappa shape index (κ3) is 10.0. The van der Waals surface area contributed by atoms with Crippen LogP contribution in [0.3, 0.4) is 0 Å². The minimum Gasteiger partial charge on any atom is -0.381 e. The standard InChI is InChI=1S/C18H36N4O.HI/c1-15(2)14-23-12-4-9-20-18(19-3)21-10-11-22(17-7-8-17)13-16-5-6-16;/h15-17H,4-14H2,1-3H3,(H2,19,20,21);1H. The number of halogens is 1. The van der Waals surface area contributed by atoms with E-state index in [4.69, 9.17) is 4.74 Å². The normalized spacial score (nSPS) is 18.0. The molecule has 6 heteroatoms. The van der Waals surface area contributed by atoms with Gasteiger partial charge in [-0.25, -0.2) is 0 Å². The van der Waals surface area contributed by atoms with E-state index < -0.39 is 0 Å². The number of aliphatic imine (C=N–C) groups is 1. The van der Waals surface area contributed by atoms with E-state index in [9.17, 15) is 0 Å². The maximum atomic E-state index is 5.59. The molecule has 2 saturated carbocycles. The average Bonchev–Trinajstić information content (AvgIpc) is 3.40. The molecule has 0 bridgehead atoms. The van der Waals surface area contributed by atoms with E-state index >= 15 is 0 Å². The van der Waals surface area contributed by atoms with Crippen LogP contribution in [0.15, 0.2) is 4.99 Å². The van der Waals surface area contributed by atoms with Gasteiger partial charge in [-0.05, 0) is 43.9 Å². The van der Waals surface area contributed by atoms with Crippen LogP contribution in [0, 0.1) is 11.8 Å². The number of ether oxygens (including phenoxy) is 1. The Morgan fingerprint density at radius 1 is 1.17 bits per heavy atom. The molecule has 0 atom stereocenters. The highest BCUT2D eigenvalue weighted by atomic mass is 127.